The number of sulfonamides is 1. The quantitative estimate of drug-likeness (QED) is 0.750. The highest BCUT2D eigenvalue weighted by atomic mass is 32.2. The molecule has 0 fully saturated rings. The smallest absolute Gasteiger partial charge is 0.232 e. The highest BCUT2D eigenvalue weighted by molar-refractivity contribution is 7.92. The molecule has 3 nitrogen and oxygen atoms in total. The predicted molar refractivity (Wildman–Crippen MR) is 59.2 cm³/mol. The lowest BCUT2D eigenvalue weighted by molar-refractivity contribution is 0.600. The fourth-order valence-corrected chi connectivity index (χ4v) is 2.09. The van der Waals surface area contributed by atoms with Crippen molar-refractivity contribution in [3.63, 3.8) is 0 Å². The zero-order chi connectivity index (χ0) is 10.9. The molecule has 0 aromatic heterocycles. The van der Waals surface area contributed by atoms with E-state index in [0.29, 0.717) is 0 Å². The third-order valence-electron chi connectivity index (χ3n) is 2.25. The van der Waals surface area contributed by atoms with Gasteiger partial charge in [-0.15, -0.1) is 0 Å². The van der Waals surface area contributed by atoms with Gasteiger partial charge in [-0.3, -0.25) is 4.31 Å². The molecule has 0 saturated carbocycles. The van der Waals surface area contributed by atoms with Crippen molar-refractivity contribution >= 4 is 15.7 Å². The van der Waals surface area contributed by atoms with Crippen molar-refractivity contribution < 1.29 is 8.42 Å². The Morgan fingerprint density at radius 1 is 1.14 bits per heavy atom. The van der Waals surface area contributed by atoms with Gasteiger partial charge in [0.15, 0.2) is 0 Å². The number of aryl methyl sites for hydroxylation is 2. The van der Waals surface area contributed by atoms with Crippen LogP contribution in [-0.2, 0) is 10.0 Å². The molecule has 0 spiro atoms. The Labute approximate surface area is 85.4 Å². The molecule has 78 valence electrons. The summed E-state index contributed by atoms with van der Waals surface area (Å²) in [6, 6.07) is 5.73. The predicted octanol–water partition coefficient (Wildman–Crippen LogP) is 1.70. The van der Waals surface area contributed by atoms with E-state index in [2.05, 4.69) is 0 Å². The third kappa shape index (κ3) is 2.07. The van der Waals surface area contributed by atoms with E-state index < -0.39 is 10.0 Å². The van der Waals surface area contributed by atoms with Gasteiger partial charge in [-0.2, -0.15) is 0 Å². The van der Waals surface area contributed by atoms with Gasteiger partial charge in [0.2, 0.25) is 10.0 Å². The van der Waals surface area contributed by atoms with E-state index in [1.807, 2.05) is 32.0 Å². The zero-order valence-electron chi connectivity index (χ0n) is 8.90. The second-order valence-electron chi connectivity index (χ2n) is 3.47. The number of rotatable bonds is 2. The Hall–Kier alpha value is -1.03. The third-order valence-corrected chi connectivity index (χ3v) is 3.43. The molecule has 1 aromatic rings. The van der Waals surface area contributed by atoms with Crippen LogP contribution < -0.4 is 4.31 Å². The van der Waals surface area contributed by atoms with Crippen molar-refractivity contribution in [1.82, 2.24) is 0 Å². The molecule has 14 heavy (non-hydrogen) atoms. The summed E-state index contributed by atoms with van der Waals surface area (Å²) in [5, 5.41) is 0. The average molecular weight is 213 g/mol. The van der Waals surface area contributed by atoms with Gasteiger partial charge in [-0.1, -0.05) is 18.2 Å². The van der Waals surface area contributed by atoms with Crippen molar-refractivity contribution in [3.8, 4) is 0 Å². The molecule has 0 amide bonds. The zero-order valence-corrected chi connectivity index (χ0v) is 9.72. The molecule has 1 aromatic carbocycles. The number of benzene rings is 1. The minimum Gasteiger partial charge on any atom is -0.273 e. The van der Waals surface area contributed by atoms with E-state index in [1.54, 1.807) is 7.05 Å². The molecule has 0 atom stereocenters. The Bertz CT molecular complexity index is 417. The first-order chi connectivity index (χ1) is 6.34. The van der Waals surface area contributed by atoms with E-state index in [-0.39, 0.29) is 0 Å². The van der Waals surface area contributed by atoms with Crippen LogP contribution in [0, 0.1) is 13.8 Å². The average Bonchev–Trinajstić information content (AvgIpc) is 2.01. The maximum atomic E-state index is 11.4. The highest BCUT2D eigenvalue weighted by Crippen LogP contribution is 2.24. The van der Waals surface area contributed by atoms with Gasteiger partial charge in [0, 0.05) is 7.05 Å². The molecular weight excluding hydrogens is 198 g/mol. The van der Waals surface area contributed by atoms with Crippen molar-refractivity contribution in [2.24, 2.45) is 0 Å². The normalized spacial score (nSPS) is 11.4. The number of para-hydroxylation sites is 1. The Morgan fingerprint density at radius 3 is 1.93 bits per heavy atom. The SMILES string of the molecule is Cc1cccc(C)c1N(C)S(C)(=O)=O. The number of hydrogen-bond acceptors (Lipinski definition) is 2. The largest absolute Gasteiger partial charge is 0.273 e. The summed E-state index contributed by atoms with van der Waals surface area (Å²) in [4.78, 5) is 0. The van der Waals surface area contributed by atoms with E-state index in [1.165, 1.54) is 10.6 Å². The summed E-state index contributed by atoms with van der Waals surface area (Å²) in [5.74, 6) is 0. The van der Waals surface area contributed by atoms with Crippen LogP contribution in [0.15, 0.2) is 18.2 Å². The van der Waals surface area contributed by atoms with Crippen LogP contribution in [0.4, 0.5) is 5.69 Å². The van der Waals surface area contributed by atoms with Crippen LogP contribution in [0.3, 0.4) is 0 Å². The lowest BCUT2D eigenvalue weighted by atomic mass is 10.1. The van der Waals surface area contributed by atoms with Crippen molar-refractivity contribution in [2.75, 3.05) is 17.6 Å². The summed E-state index contributed by atoms with van der Waals surface area (Å²) in [5.41, 5.74) is 2.71. The second kappa shape index (κ2) is 3.61. The molecule has 1 rings (SSSR count). The molecule has 0 aliphatic rings. The Kier molecular flexibility index (Phi) is 2.85. The maximum Gasteiger partial charge on any atom is 0.232 e. The molecule has 0 aliphatic carbocycles. The van der Waals surface area contributed by atoms with E-state index in [0.717, 1.165) is 16.8 Å². The topological polar surface area (TPSA) is 37.4 Å². The standard InChI is InChI=1S/C10H15NO2S/c1-8-6-5-7-9(2)10(8)11(3)14(4,12)13/h5-7H,1-4H3. The minimum atomic E-state index is -3.17. The first-order valence-corrected chi connectivity index (χ1v) is 6.19. The van der Waals surface area contributed by atoms with Crippen LogP contribution >= 0.6 is 0 Å². The van der Waals surface area contributed by atoms with E-state index in [4.69, 9.17) is 0 Å². The van der Waals surface area contributed by atoms with Gasteiger partial charge >= 0.3 is 0 Å². The van der Waals surface area contributed by atoms with Crippen molar-refractivity contribution in [1.29, 1.82) is 0 Å². The van der Waals surface area contributed by atoms with Crippen LogP contribution in [0.25, 0.3) is 0 Å². The van der Waals surface area contributed by atoms with Crippen molar-refractivity contribution in [3.05, 3.63) is 29.3 Å². The first kappa shape index (κ1) is 11.0. The Morgan fingerprint density at radius 2 is 1.57 bits per heavy atom. The van der Waals surface area contributed by atoms with Crippen LogP contribution in [0.1, 0.15) is 11.1 Å². The molecule has 0 unspecified atom stereocenters. The van der Waals surface area contributed by atoms with E-state index >= 15 is 0 Å². The van der Waals surface area contributed by atoms with Crippen LogP contribution in [0.5, 0.6) is 0 Å². The number of nitrogens with zero attached hydrogens (tertiary/aromatic N) is 1. The van der Waals surface area contributed by atoms with Crippen molar-refractivity contribution in [2.45, 2.75) is 13.8 Å². The Balaban J connectivity index is 3.33. The molecule has 0 bridgehead atoms. The molecule has 0 N–H and O–H groups in total. The lowest BCUT2D eigenvalue weighted by Gasteiger charge is -2.21. The van der Waals surface area contributed by atoms with Gasteiger partial charge in [-0.05, 0) is 25.0 Å². The van der Waals surface area contributed by atoms with Gasteiger partial charge in [0.05, 0.1) is 11.9 Å². The number of anilines is 1. The first-order valence-electron chi connectivity index (χ1n) is 4.34. The summed E-state index contributed by atoms with van der Waals surface area (Å²) in [7, 11) is -1.59. The number of hydrogen-bond donors (Lipinski definition) is 0. The molecule has 0 heterocycles. The monoisotopic (exact) mass is 213 g/mol. The molecule has 4 heteroatoms. The fraction of sp³-hybridized carbons (Fsp3) is 0.400. The fourth-order valence-electron chi connectivity index (χ4n) is 1.47. The van der Waals surface area contributed by atoms with Gasteiger partial charge < -0.3 is 0 Å². The highest BCUT2D eigenvalue weighted by Gasteiger charge is 2.15. The summed E-state index contributed by atoms with van der Waals surface area (Å²) in [6.07, 6.45) is 1.21. The minimum absolute atomic E-state index is 0.773. The lowest BCUT2D eigenvalue weighted by Crippen LogP contribution is -2.26. The second-order valence-corrected chi connectivity index (χ2v) is 5.48. The summed E-state index contributed by atoms with van der Waals surface area (Å²) in [6.45, 7) is 3.81. The van der Waals surface area contributed by atoms with Crippen LogP contribution in [-0.4, -0.2) is 21.7 Å². The molecule has 0 radical (unpaired) electrons. The molecular formula is C10H15NO2S. The van der Waals surface area contributed by atoms with Crippen LogP contribution in [0.2, 0.25) is 0 Å². The van der Waals surface area contributed by atoms with Gasteiger partial charge in [0.25, 0.3) is 0 Å². The molecule has 0 saturated heterocycles. The van der Waals surface area contributed by atoms with E-state index in [9.17, 15) is 8.42 Å². The summed E-state index contributed by atoms with van der Waals surface area (Å²) < 4.78 is 24.0. The van der Waals surface area contributed by atoms with Gasteiger partial charge in [0.1, 0.15) is 0 Å². The summed E-state index contributed by atoms with van der Waals surface area (Å²) >= 11 is 0. The van der Waals surface area contributed by atoms with Gasteiger partial charge in [-0.25, -0.2) is 8.42 Å². The molecule has 0 aliphatic heterocycles. The maximum absolute atomic E-state index is 11.4.